The van der Waals surface area contributed by atoms with Gasteiger partial charge in [-0.25, -0.2) is 0 Å². The number of esters is 1. The number of hydrogen-bond acceptors (Lipinski definition) is 4. The lowest BCUT2D eigenvalue weighted by molar-refractivity contribution is -0.139. The number of thiophene rings is 1. The highest BCUT2D eigenvalue weighted by Crippen LogP contribution is 2.17. The first kappa shape index (κ1) is 17.2. The van der Waals surface area contributed by atoms with Crippen molar-refractivity contribution >= 4 is 17.3 Å². The number of nitrogens with one attached hydrogen (secondary N) is 1. The average Bonchev–Trinajstić information content (AvgIpc) is 2.88. The van der Waals surface area contributed by atoms with Crippen molar-refractivity contribution < 1.29 is 9.53 Å². The van der Waals surface area contributed by atoms with Gasteiger partial charge in [0.25, 0.3) is 0 Å². The molecule has 114 valence electrons. The van der Waals surface area contributed by atoms with Gasteiger partial charge in [0.05, 0.1) is 13.5 Å². The second-order valence-electron chi connectivity index (χ2n) is 5.25. The molecule has 0 amide bonds. The third-order valence-corrected chi connectivity index (χ3v) is 4.46. The first-order valence-electron chi connectivity index (χ1n) is 7.53. The molecule has 20 heavy (non-hydrogen) atoms. The predicted octanol–water partition coefficient (Wildman–Crippen LogP) is 3.91. The Morgan fingerprint density at radius 3 is 2.75 bits per heavy atom. The van der Waals surface area contributed by atoms with Crippen molar-refractivity contribution in [3.8, 4) is 0 Å². The number of ether oxygens (including phenoxy) is 1. The molecule has 1 rings (SSSR count). The zero-order valence-electron chi connectivity index (χ0n) is 12.9. The minimum Gasteiger partial charge on any atom is -0.469 e. The molecule has 0 aliphatic rings. The number of methoxy groups -OCH3 is 1. The summed E-state index contributed by atoms with van der Waals surface area (Å²) in [6, 6.07) is 4.67. The van der Waals surface area contributed by atoms with Gasteiger partial charge in [-0.05, 0) is 25.5 Å². The van der Waals surface area contributed by atoms with E-state index in [2.05, 4.69) is 30.0 Å². The van der Waals surface area contributed by atoms with E-state index in [1.807, 2.05) is 6.07 Å². The maximum Gasteiger partial charge on any atom is 0.310 e. The molecular formula is C16H27NO2S. The molecule has 3 nitrogen and oxygen atoms in total. The van der Waals surface area contributed by atoms with Crippen LogP contribution in [0.3, 0.4) is 0 Å². The highest BCUT2D eigenvalue weighted by atomic mass is 32.1. The van der Waals surface area contributed by atoms with Crippen molar-refractivity contribution in [1.82, 2.24) is 5.32 Å². The molecule has 1 N–H and O–H groups in total. The van der Waals surface area contributed by atoms with Gasteiger partial charge in [0.1, 0.15) is 0 Å². The largest absolute Gasteiger partial charge is 0.469 e. The Balaban J connectivity index is 2.22. The molecule has 4 heteroatoms. The van der Waals surface area contributed by atoms with Gasteiger partial charge in [-0.2, -0.15) is 0 Å². The maximum absolute atomic E-state index is 11.2. The van der Waals surface area contributed by atoms with Gasteiger partial charge in [-0.1, -0.05) is 32.6 Å². The fourth-order valence-electron chi connectivity index (χ4n) is 2.08. The predicted molar refractivity (Wildman–Crippen MR) is 85.1 cm³/mol. The number of rotatable bonds is 10. The normalized spacial score (nSPS) is 12.3. The molecule has 0 saturated carbocycles. The quantitative estimate of drug-likeness (QED) is 0.525. The maximum atomic E-state index is 11.2. The second-order valence-corrected chi connectivity index (χ2v) is 6.51. The van der Waals surface area contributed by atoms with E-state index in [0.29, 0.717) is 12.5 Å². The fourth-order valence-corrected chi connectivity index (χ4v) is 3.04. The summed E-state index contributed by atoms with van der Waals surface area (Å²) >= 11 is 1.69. The standard InChI is InChI=1S/C16H27NO2S/c1-4-5-6-7-8-13(2)17-12-15-10-9-14(20-15)11-16(18)19-3/h9-10,13,17H,4-8,11-12H2,1-3H3. The van der Waals surface area contributed by atoms with Crippen LogP contribution in [-0.4, -0.2) is 19.1 Å². The molecule has 0 aromatic carbocycles. The van der Waals surface area contributed by atoms with E-state index < -0.39 is 0 Å². The van der Waals surface area contributed by atoms with Crippen molar-refractivity contribution in [2.45, 2.75) is 65.0 Å². The van der Waals surface area contributed by atoms with E-state index in [4.69, 9.17) is 0 Å². The molecule has 0 aliphatic carbocycles. The van der Waals surface area contributed by atoms with Crippen LogP contribution in [0.2, 0.25) is 0 Å². The second kappa shape index (κ2) is 9.94. The lowest BCUT2D eigenvalue weighted by Gasteiger charge is -2.12. The molecular weight excluding hydrogens is 270 g/mol. The molecule has 0 fully saturated rings. The number of carbonyl (C=O) groups excluding carboxylic acids is 1. The molecule has 0 bridgehead atoms. The van der Waals surface area contributed by atoms with Crippen molar-refractivity contribution in [3.05, 3.63) is 21.9 Å². The van der Waals surface area contributed by atoms with Crippen molar-refractivity contribution in [1.29, 1.82) is 0 Å². The Bertz CT molecular complexity index is 390. The van der Waals surface area contributed by atoms with E-state index in [0.717, 1.165) is 11.4 Å². The Morgan fingerprint density at radius 2 is 2.05 bits per heavy atom. The van der Waals surface area contributed by atoms with Gasteiger partial charge in [0, 0.05) is 22.3 Å². The first-order valence-corrected chi connectivity index (χ1v) is 8.35. The third-order valence-electron chi connectivity index (χ3n) is 3.38. The fraction of sp³-hybridized carbons (Fsp3) is 0.688. The molecule has 1 aromatic rings. The van der Waals surface area contributed by atoms with Gasteiger partial charge in [0.15, 0.2) is 0 Å². The molecule has 1 aromatic heterocycles. The summed E-state index contributed by atoms with van der Waals surface area (Å²) in [5.41, 5.74) is 0. The number of carbonyl (C=O) groups is 1. The number of unbranched alkanes of at least 4 members (excludes halogenated alkanes) is 3. The molecule has 0 aliphatic heterocycles. The zero-order chi connectivity index (χ0) is 14.8. The minimum absolute atomic E-state index is 0.171. The summed E-state index contributed by atoms with van der Waals surface area (Å²) in [6.07, 6.45) is 6.90. The lowest BCUT2D eigenvalue weighted by Crippen LogP contribution is -2.24. The van der Waals surface area contributed by atoms with Crippen LogP contribution in [0, 0.1) is 0 Å². The van der Waals surface area contributed by atoms with Crippen LogP contribution in [0.5, 0.6) is 0 Å². The molecule has 1 atom stereocenters. The Hall–Kier alpha value is -0.870. The van der Waals surface area contributed by atoms with E-state index in [9.17, 15) is 4.79 Å². The van der Waals surface area contributed by atoms with Crippen molar-refractivity contribution in [2.75, 3.05) is 7.11 Å². The molecule has 0 saturated heterocycles. The molecule has 0 spiro atoms. The topological polar surface area (TPSA) is 38.3 Å². The van der Waals surface area contributed by atoms with Gasteiger partial charge in [-0.3, -0.25) is 4.79 Å². The summed E-state index contributed by atoms with van der Waals surface area (Å²) in [4.78, 5) is 13.6. The van der Waals surface area contributed by atoms with Crippen LogP contribution in [0.25, 0.3) is 0 Å². The zero-order valence-corrected chi connectivity index (χ0v) is 13.7. The Kier molecular flexibility index (Phi) is 8.54. The summed E-state index contributed by atoms with van der Waals surface area (Å²) in [6.45, 7) is 5.38. The smallest absolute Gasteiger partial charge is 0.310 e. The molecule has 0 radical (unpaired) electrons. The van der Waals surface area contributed by atoms with Crippen LogP contribution < -0.4 is 5.32 Å². The lowest BCUT2D eigenvalue weighted by atomic mass is 10.1. The summed E-state index contributed by atoms with van der Waals surface area (Å²) in [7, 11) is 1.43. The monoisotopic (exact) mass is 297 g/mol. The van der Waals surface area contributed by atoms with Crippen LogP contribution in [0.15, 0.2) is 12.1 Å². The SMILES string of the molecule is CCCCCCC(C)NCc1ccc(CC(=O)OC)s1. The van der Waals surface area contributed by atoms with Gasteiger partial charge >= 0.3 is 5.97 Å². The highest BCUT2D eigenvalue weighted by molar-refractivity contribution is 7.12. The Morgan fingerprint density at radius 1 is 1.30 bits per heavy atom. The van der Waals surface area contributed by atoms with Crippen molar-refractivity contribution in [3.63, 3.8) is 0 Å². The van der Waals surface area contributed by atoms with Gasteiger partial charge in [0.2, 0.25) is 0 Å². The Labute approximate surface area is 126 Å². The molecule has 1 heterocycles. The highest BCUT2D eigenvalue weighted by Gasteiger charge is 2.07. The van der Waals surface area contributed by atoms with E-state index in [1.165, 1.54) is 44.1 Å². The van der Waals surface area contributed by atoms with Gasteiger partial charge in [-0.15, -0.1) is 11.3 Å². The van der Waals surface area contributed by atoms with E-state index in [1.54, 1.807) is 11.3 Å². The summed E-state index contributed by atoms with van der Waals surface area (Å²) < 4.78 is 4.68. The third kappa shape index (κ3) is 7.06. The minimum atomic E-state index is -0.171. The van der Waals surface area contributed by atoms with Crippen LogP contribution in [0.1, 0.15) is 55.7 Å². The number of hydrogen-bond donors (Lipinski definition) is 1. The van der Waals surface area contributed by atoms with E-state index in [-0.39, 0.29) is 5.97 Å². The first-order chi connectivity index (χ1) is 9.65. The summed E-state index contributed by atoms with van der Waals surface area (Å²) in [5, 5.41) is 3.55. The van der Waals surface area contributed by atoms with Crippen LogP contribution in [-0.2, 0) is 22.5 Å². The van der Waals surface area contributed by atoms with Crippen molar-refractivity contribution in [2.24, 2.45) is 0 Å². The average molecular weight is 297 g/mol. The van der Waals surface area contributed by atoms with E-state index >= 15 is 0 Å². The van der Waals surface area contributed by atoms with Crippen LogP contribution >= 0.6 is 11.3 Å². The molecule has 1 unspecified atom stereocenters. The summed E-state index contributed by atoms with van der Waals surface area (Å²) in [5.74, 6) is -0.171. The van der Waals surface area contributed by atoms with Crippen LogP contribution in [0.4, 0.5) is 0 Å². The van der Waals surface area contributed by atoms with Gasteiger partial charge < -0.3 is 10.1 Å².